The number of rotatable bonds is 10. The number of aliphatic hydroxyl groups is 2. The molecule has 3 nitrogen and oxygen atoms in total. The minimum atomic E-state index is -0.0565. The van der Waals surface area contributed by atoms with Gasteiger partial charge in [0.1, 0.15) is 0 Å². The Labute approximate surface area is 93.0 Å². The number of hydrogen-bond acceptors (Lipinski definition) is 3. The molecule has 0 spiro atoms. The van der Waals surface area contributed by atoms with Gasteiger partial charge in [0.2, 0.25) is 0 Å². The SMILES string of the molecule is NC(O)=CCCCCCCCCCCO. The third kappa shape index (κ3) is 13.3. The van der Waals surface area contributed by atoms with Gasteiger partial charge in [-0.2, -0.15) is 0 Å². The van der Waals surface area contributed by atoms with Crippen molar-refractivity contribution in [3.63, 3.8) is 0 Å². The number of hydrogen-bond donors (Lipinski definition) is 3. The summed E-state index contributed by atoms with van der Waals surface area (Å²) >= 11 is 0. The highest BCUT2D eigenvalue weighted by atomic mass is 16.3. The number of nitrogens with two attached hydrogens (primary N) is 1. The first-order valence-corrected chi connectivity index (χ1v) is 6.03. The smallest absolute Gasteiger partial charge is 0.177 e. The van der Waals surface area contributed by atoms with E-state index in [9.17, 15) is 0 Å². The highest BCUT2D eigenvalue weighted by molar-refractivity contribution is 4.83. The molecule has 0 aromatic heterocycles. The summed E-state index contributed by atoms with van der Waals surface area (Å²) in [4.78, 5) is 0. The van der Waals surface area contributed by atoms with Crippen LogP contribution in [0.4, 0.5) is 0 Å². The average Bonchev–Trinajstić information content (AvgIpc) is 2.20. The zero-order valence-electron chi connectivity index (χ0n) is 9.62. The molecule has 4 N–H and O–H groups in total. The van der Waals surface area contributed by atoms with E-state index in [0.717, 1.165) is 25.7 Å². The molecule has 90 valence electrons. The maximum absolute atomic E-state index is 8.69. The summed E-state index contributed by atoms with van der Waals surface area (Å²) in [5.74, 6) is -0.0565. The van der Waals surface area contributed by atoms with E-state index in [2.05, 4.69) is 0 Å². The summed E-state index contributed by atoms with van der Waals surface area (Å²) < 4.78 is 0. The van der Waals surface area contributed by atoms with Gasteiger partial charge in [0.15, 0.2) is 5.88 Å². The maximum Gasteiger partial charge on any atom is 0.177 e. The van der Waals surface area contributed by atoms with Crippen molar-refractivity contribution in [2.45, 2.75) is 57.8 Å². The van der Waals surface area contributed by atoms with Crippen LogP contribution in [0.25, 0.3) is 0 Å². The van der Waals surface area contributed by atoms with Gasteiger partial charge >= 0.3 is 0 Å². The molecule has 0 aliphatic heterocycles. The van der Waals surface area contributed by atoms with Crippen LogP contribution >= 0.6 is 0 Å². The Morgan fingerprint density at radius 2 is 1.33 bits per heavy atom. The van der Waals surface area contributed by atoms with E-state index < -0.39 is 0 Å². The molecule has 0 rings (SSSR count). The summed E-state index contributed by atoms with van der Waals surface area (Å²) in [6, 6.07) is 0. The molecule has 0 saturated carbocycles. The Morgan fingerprint density at radius 1 is 0.867 bits per heavy atom. The molecule has 0 unspecified atom stereocenters. The van der Waals surface area contributed by atoms with E-state index in [1.807, 2.05) is 0 Å². The zero-order chi connectivity index (χ0) is 11.4. The lowest BCUT2D eigenvalue weighted by atomic mass is 10.1. The second kappa shape index (κ2) is 11.4. The Balaban J connectivity index is 2.96. The van der Waals surface area contributed by atoms with Crippen LogP contribution in [0.2, 0.25) is 0 Å². The van der Waals surface area contributed by atoms with Gasteiger partial charge in [0, 0.05) is 6.61 Å². The van der Waals surface area contributed by atoms with E-state index in [1.54, 1.807) is 6.08 Å². The van der Waals surface area contributed by atoms with E-state index in [4.69, 9.17) is 15.9 Å². The fourth-order valence-corrected chi connectivity index (χ4v) is 1.57. The van der Waals surface area contributed by atoms with E-state index in [-0.39, 0.29) is 5.88 Å². The van der Waals surface area contributed by atoms with Crippen molar-refractivity contribution in [2.75, 3.05) is 6.61 Å². The molecular weight excluding hydrogens is 190 g/mol. The highest BCUT2D eigenvalue weighted by Crippen LogP contribution is 2.09. The monoisotopic (exact) mass is 215 g/mol. The lowest BCUT2D eigenvalue weighted by Crippen LogP contribution is -1.93. The van der Waals surface area contributed by atoms with Crippen LogP contribution in [0.5, 0.6) is 0 Å². The van der Waals surface area contributed by atoms with Crippen molar-refractivity contribution in [3.05, 3.63) is 12.0 Å². The molecule has 0 saturated heterocycles. The minimum Gasteiger partial charge on any atom is -0.495 e. The number of unbranched alkanes of at least 4 members (excludes halogenated alkanes) is 8. The van der Waals surface area contributed by atoms with Crippen molar-refractivity contribution >= 4 is 0 Å². The van der Waals surface area contributed by atoms with E-state index in [1.165, 1.54) is 32.1 Å². The Morgan fingerprint density at radius 3 is 1.80 bits per heavy atom. The predicted octanol–water partition coefficient (Wildman–Crippen LogP) is 2.85. The van der Waals surface area contributed by atoms with E-state index >= 15 is 0 Å². The van der Waals surface area contributed by atoms with Crippen LogP contribution in [0.3, 0.4) is 0 Å². The maximum atomic E-state index is 8.69. The van der Waals surface area contributed by atoms with Gasteiger partial charge in [-0.05, 0) is 25.3 Å². The fourth-order valence-electron chi connectivity index (χ4n) is 1.57. The van der Waals surface area contributed by atoms with Gasteiger partial charge in [-0.15, -0.1) is 0 Å². The molecule has 15 heavy (non-hydrogen) atoms. The first-order valence-electron chi connectivity index (χ1n) is 6.03. The van der Waals surface area contributed by atoms with Crippen LogP contribution in [0.15, 0.2) is 12.0 Å². The average molecular weight is 215 g/mol. The van der Waals surface area contributed by atoms with Crippen LogP contribution in [-0.4, -0.2) is 16.8 Å². The first-order chi connectivity index (χ1) is 7.27. The zero-order valence-corrected chi connectivity index (χ0v) is 9.62. The lowest BCUT2D eigenvalue weighted by molar-refractivity contribution is 0.282. The van der Waals surface area contributed by atoms with Crippen molar-refractivity contribution in [1.29, 1.82) is 0 Å². The summed E-state index contributed by atoms with van der Waals surface area (Å²) in [7, 11) is 0. The van der Waals surface area contributed by atoms with Gasteiger partial charge < -0.3 is 15.9 Å². The predicted molar refractivity (Wildman–Crippen MR) is 63.5 cm³/mol. The summed E-state index contributed by atoms with van der Waals surface area (Å²) in [5.41, 5.74) is 5.10. The molecule has 0 amide bonds. The number of aliphatic hydroxyl groups excluding tert-OH is 2. The molecule has 0 aliphatic carbocycles. The van der Waals surface area contributed by atoms with Gasteiger partial charge in [-0.3, -0.25) is 0 Å². The molecule has 3 heteroatoms. The van der Waals surface area contributed by atoms with Crippen molar-refractivity contribution < 1.29 is 10.2 Å². The number of allylic oxidation sites excluding steroid dienone is 1. The molecule has 0 radical (unpaired) electrons. The molecule has 0 atom stereocenters. The third-order valence-electron chi connectivity index (χ3n) is 2.47. The van der Waals surface area contributed by atoms with Gasteiger partial charge in [0.05, 0.1) is 0 Å². The van der Waals surface area contributed by atoms with Crippen LogP contribution in [-0.2, 0) is 0 Å². The Kier molecular flexibility index (Phi) is 10.8. The topological polar surface area (TPSA) is 66.5 Å². The van der Waals surface area contributed by atoms with Gasteiger partial charge in [0.25, 0.3) is 0 Å². The third-order valence-corrected chi connectivity index (χ3v) is 2.47. The molecule has 0 aliphatic rings. The van der Waals surface area contributed by atoms with Crippen LogP contribution in [0.1, 0.15) is 57.8 Å². The molecule has 0 bridgehead atoms. The highest BCUT2D eigenvalue weighted by Gasteiger charge is 1.91. The molecule has 0 aromatic carbocycles. The standard InChI is InChI=1S/C12H25NO2/c13-12(15)10-8-6-4-2-1-3-5-7-9-11-14/h10,14-15H,1-9,11,13H2. The first kappa shape index (κ1) is 14.3. The van der Waals surface area contributed by atoms with Crippen molar-refractivity contribution in [2.24, 2.45) is 5.73 Å². The second-order valence-corrected chi connectivity index (χ2v) is 3.97. The summed E-state index contributed by atoms with van der Waals surface area (Å²) in [5, 5.41) is 17.3. The normalized spacial score (nSPS) is 11.9. The summed E-state index contributed by atoms with van der Waals surface area (Å²) in [6.07, 6.45) is 12.0. The van der Waals surface area contributed by atoms with Gasteiger partial charge in [-0.1, -0.05) is 38.5 Å². The quantitative estimate of drug-likeness (QED) is 0.388. The molecule has 0 aromatic rings. The second-order valence-electron chi connectivity index (χ2n) is 3.97. The van der Waals surface area contributed by atoms with Crippen molar-refractivity contribution in [3.8, 4) is 0 Å². The Hall–Kier alpha value is -0.700. The molecular formula is C12H25NO2. The molecule has 0 fully saturated rings. The lowest BCUT2D eigenvalue weighted by Gasteiger charge is -2.00. The summed E-state index contributed by atoms with van der Waals surface area (Å²) in [6.45, 7) is 0.328. The largest absolute Gasteiger partial charge is 0.495 e. The van der Waals surface area contributed by atoms with Crippen LogP contribution in [0, 0.1) is 0 Å². The molecule has 0 heterocycles. The minimum absolute atomic E-state index is 0.0565. The van der Waals surface area contributed by atoms with Crippen molar-refractivity contribution in [1.82, 2.24) is 0 Å². The van der Waals surface area contributed by atoms with Gasteiger partial charge in [-0.25, -0.2) is 0 Å². The van der Waals surface area contributed by atoms with Crippen LogP contribution < -0.4 is 5.73 Å². The van der Waals surface area contributed by atoms with E-state index in [0.29, 0.717) is 6.61 Å². The Bertz CT molecular complexity index is 154. The fraction of sp³-hybridized carbons (Fsp3) is 0.833.